The van der Waals surface area contributed by atoms with E-state index in [4.69, 9.17) is 4.74 Å². The lowest BCUT2D eigenvalue weighted by Gasteiger charge is -2.10. The minimum Gasteiger partial charge on any atom is -0.496 e. The van der Waals surface area contributed by atoms with Crippen LogP contribution in [0.4, 0.5) is 0 Å². The highest BCUT2D eigenvalue weighted by Crippen LogP contribution is 2.19. The molecule has 0 aromatic heterocycles. The quantitative estimate of drug-likeness (QED) is 0.851. The predicted molar refractivity (Wildman–Crippen MR) is 89.2 cm³/mol. The molecule has 2 aromatic carbocycles. The normalized spacial score (nSPS) is 10.3. The number of aryl methyl sites for hydroxylation is 2. The Morgan fingerprint density at radius 3 is 2.59 bits per heavy atom. The highest BCUT2D eigenvalue weighted by atomic mass is 16.5. The molecule has 22 heavy (non-hydrogen) atoms. The molecule has 1 amide bonds. The topological polar surface area (TPSA) is 38.3 Å². The molecule has 0 spiro atoms. The van der Waals surface area contributed by atoms with Crippen LogP contribution < -0.4 is 10.1 Å². The Kier molecular flexibility index (Phi) is 6.01. The minimum atomic E-state index is 0.0930. The number of rotatable bonds is 7. The van der Waals surface area contributed by atoms with Gasteiger partial charge in [0.25, 0.3) is 0 Å². The Bertz CT molecular complexity index is 608. The van der Waals surface area contributed by atoms with Crippen LogP contribution in [0.25, 0.3) is 0 Å². The maximum atomic E-state index is 11.9. The van der Waals surface area contributed by atoms with E-state index in [-0.39, 0.29) is 5.91 Å². The van der Waals surface area contributed by atoms with Crippen molar-refractivity contribution in [3.63, 3.8) is 0 Å². The summed E-state index contributed by atoms with van der Waals surface area (Å²) in [5.41, 5.74) is 3.52. The highest BCUT2D eigenvalue weighted by Gasteiger charge is 2.05. The Balaban J connectivity index is 1.76. The van der Waals surface area contributed by atoms with Crippen LogP contribution in [0.3, 0.4) is 0 Å². The van der Waals surface area contributed by atoms with Crippen molar-refractivity contribution >= 4 is 5.91 Å². The van der Waals surface area contributed by atoms with Crippen molar-refractivity contribution in [2.24, 2.45) is 0 Å². The fourth-order valence-electron chi connectivity index (χ4n) is 2.43. The second-order valence-electron chi connectivity index (χ2n) is 5.40. The SMILES string of the molecule is COc1ccc(C)cc1CCNC(=O)CCc1ccccc1. The largest absolute Gasteiger partial charge is 0.496 e. The standard InChI is InChI=1S/C19H23NO2/c1-15-8-10-18(22-2)17(14-15)12-13-20-19(21)11-9-16-6-4-3-5-7-16/h3-8,10,14H,9,11-13H2,1-2H3,(H,20,21). The molecule has 0 unspecified atom stereocenters. The van der Waals surface area contributed by atoms with E-state index in [2.05, 4.69) is 18.3 Å². The van der Waals surface area contributed by atoms with Crippen molar-refractivity contribution in [1.82, 2.24) is 5.32 Å². The van der Waals surface area contributed by atoms with Crippen LogP contribution in [0.1, 0.15) is 23.1 Å². The first kappa shape index (κ1) is 16.1. The van der Waals surface area contributed by atoms with Gasteiger partial charge in [-0.15, -0.1) is 0 Å². The van der Waals surface area contributed by atoms with Crippen molar-refractivity contribution in [3.8, 4) is 5.75 Å². The third-order valence-corrected chi connectivity index (χ3v) is 3.64. The zero-order valence-electron chi connectivity index (χ0n) is 13.3. The predicted octanol–water partition coefficient (Wildman–Crippen LogP) is 3.30. The molecular weight excluding hydrogens is 274 g/mol. The maximum Gasteiger partial charge on any atom is 0.220 e. The van der Waals surface area contributed by atoms with E-state index in [1.54, 1.807) is 7.11 Å². The zero-order valence-corrected chi connectivity index (χ0v) is 13.3. The summed E-state index contributed by atoms with van der Waals surface area (Å²) in [4.78, 5) is 11.9. The summed E-state index contributed by atoms with van der Waals surface area (Å²) in [7, 11) is 1.67. The summed E-state index contributed by atoms with van der Waals surface area (Å²) in [5, 5.41) is 2.98. The lowest BCUT2D eigenvalue weighted by atomic mass is 10.1. The molecule has 0 aliphatic rings. The molecule has 0 heterocycles. The van der Waals surface area contributed by atoms with Crippen LogP contribution in [-0.4, -0.2) is 19.6 Å². The van der Waals surface area contributed by atoms with Crippen LogP contribution in [0, 0.1) is 6.92 Å². The van der Waals surface area contributed by atoms with Crippen LogP contribution in [0.15, 0.2) is 48.5 Å². The number of nitrogens with one attached hydrogen (secondary N) is 1. The molecule has 0 saturated carbocycles. The smallest absolute Gasteiger partial charge is 0.220 e. The molecule has 2 rings (SSSR count). The van der Waals surface area contributed by atoms with E-state index < -0.39 is 0 Å². The molecule has 1 N–H and O–H groups in total. The summed E-state index contributed by atoms with van der Waals surface area (Å²) >= 11 is 0. The third kappa shape index (κ3) is 4.92. The second-order valence-corrected chi connectivity index (χ2v) is 5.40. The van der Waals surface area contributed by atoms with Crippen molar-refractivity contribution in [2.45, 2.75) is 26.2 Å². The Hall–Kier alpha value is -2.29. The number of carbonyl (C=O) groups excluding carboxylic acids is 1. The van der Waals surface area contributed by atoms with E-state index in [0.717, 1.165) is 24.2 Å². The number of benzene rings is 2. The molecule has 2 aromatic rings. The summed E-state index contributed by atoms with van der Waals surface area (Å²) < 4.78 is 5.35. The van der Waals surface area contributed by atoms with Gasteiger partial charge in [0.2, 0.25) is 5.91 Å². The zero-order chi connectivity index (χ0) is 15.8. The van der Waals surface area contributed by atoms with Crippen molar-refractivity contribution in [3.05, 3.63) is 65.2 Å². The summed E-state index contributed by atoms with van der Waals surface area (Å²) in [5.74, 6) is 0.972. The average molecular weight is 297 g/mol. The summed E-state index contributed by atoms with van der Waals surface area (Å²) in [6.45, 7) is 2.69. The van der Waals surface area contributed by atoms with Crippen LogP contribution in [0.2, 0.25) is 0 Å². The van der Waals surface area contributed by atoms with Gasteiger partial charge in [0.15, 0.2) is 0 Å². The maximum absolute atomic E-state index is 11.9. The first-order valence-electron chi connectivity index (χ1n) is 7.63. The fraction of sp³-hybridized carbons (Fsp3) is 0.316. The van der Waals surface area contributed by atoms with Gasteiger partial charge in [-0.25, -0.2) is 0 Å². The Morgan fingerprint density at radius 1 is 1.09 bits per heavy atom. The fourth-order valence-corrected chi connectivity index (χ4v) is 2.43. The van der Waals surface area contributed by atoms with Crippen molar-refractivity contribution < 1.29 is 9.53 Å². The molecule has 0 aliphatic heterocycles. The van der Waals surface area contributed by atoms with Gasteiger partial charge in [-0.05, 0) is 37.0 Å². The van der Waals surface area contributed by atoms with E-state index in [1.807, 2.05) is 42.5 Å². The monoisotopic (exact) mass is 297 g/mol. The second kappa shape index (κ2) is 8.23. The van der Waals surface area contributed by atoms with E-state index in [9.17, 15) is 4.79 Å². The Morgan fingerprint density at radius 2 is 1.86 bits per heavy atom. The van der Waals surface area contributed by atoms with E-state index in [0.29, 0.717) is 13.0 Å². The molecular formula is C19H23NO2. The van der Waals surface area contributed by atoms with Crippen LogP contribution in [-0.2, 0) is 17.6 Å². The Labute approximate surface area is 132 Å². The molecule has 3 nitrogen and oxygen atoms in total. The highest BCUT2D eigenvalue weighted by molar-refractivity contribution is 5.76. The number of carbonyl (C=O) groups is 1. The number of methoxy groups -OCH3 is 1. The van der Waals surface area contributed by atoms with Gasteiger partial charge in [-0.3, -0.25) is 4.79 Å². The molecule has 0 fully saturated rings. The average Bonchev–Trinajstić information content (AvgIpc) is 2.54. The number of hydrogen-bond acceptors (Lipinski definition) is 2. The van der Waals surface area contributed by atoms with E-state index in [1.165, 1.54) is 11.1 Å². The van der Waals surface area contributed by atoms with E-state index >= 15 is 0 Å². The van der Waals surface area contributed by atoms with Crippen molar-refractivity contribution in [1.29, 1.82) is 0 Å². The molecule has 0 aliphatic carbocycles. The summed E-state index contributed by atoms with van der Waals surface area (Å²) in [6.07, 6.45) is 2.08. The van der Waals surface area contributed by atoms with Gasteiger partial charge in [0, 0.05) is 13.0 Å². The first-order valence-corrected chi connectivity index (χ1v) is 7.63. The molecule has 116 valence electrons. The third-order valence-electron chi connectivity index (χ3n) is 3.64. The molecule has 3 heteroatoms. The number of amides is 1. The van der Waals surface area contributed by atoms with Crippen LogP contribution >= 0.6 is 0 Å². The van der Waals surface area contributed by atoms with Gasteiger partial charge >= 0.3 is 0 Å². The van der Waals surface area contributed by atoms with Gasteiger partial charge < -0.3 is 10.1 Å². The lowest BCUT2D eigenvalue weighted by molar-refractivity contribution is -0.121. The molecule has 0 atom stereocenters. The lowest BCUT2D eigenvalue weighted by Crippen LogP contribution is -2.26. The number of ether oxygens (including phenoxy) is 1. The minimum absolute atomic E-state index is 0.0930. The van der Waals surface area contributed by atoms with Gasteiger partial charge in [-0.1, -0.05) is 48.0 Å². The van der Waals surface area contributed by atoms with Gasteiger partial charge in [-0.2, -0.15) is 0 Å². The first-order chi connectivity index (χ1) is 10.7. The molecule has 0 saturated heterocycles. The van der Waals surface area contributed by atoms with Gasteiger partial charge in [0.05, 0.1) is 7.11 Å². The summed E-state index contributed by atoms with van der Waals surface area (Å²) in [6, 6.07) is 16.2. The van der Waals surface area contributed by atoms with Crippen molar-refractivity contribution in [2.75, 3.05) is 13.7 Å². The number of hydrogen-bond donors (Lipinski definition) is 1. The van der Waals surface area contributed by atoms with Gasteiger partial charge in [0.1, 0.15) is 5.75 Å². The molecule has 0 radical (unpaired) electrons. The molecule has 0 bridgehead atoms. The van der Waals surface area contributed by atoms with Crippen LogP contribution in [0.5, 0.6) is 5.75 Å².